The van der Waals surface area contributed by atoms with Gasteiger partial charge in [0.1, 0.15) is 41.7 Å². The number of benzene rings is 1. The molecule has 0 radical (unpaired) electrons. The Labute approximate surface area is 420 Å². The number of rotatable bonds is 20. The fourth-order valence-corrected chi connectivity index (χ4v) is 9.49. The van der Waals surface area contributed by atoms with Crippen LogP contribution in [0.1, 0.15) is 124 Å². The van der Waals surface area contributed by atoms with Crippen molar-refractivity contribution in [1.29, 1.82) is 0 Å². The Morgan fingerprint density at radius 2 is 1.61 bits per heavy atom. The first-order chi connectivity index (χ1) is 32.9. The van der Waals surface area contributed by atoms with Crippen LogP contribution in [0.2, 0.25) is 10.0 Å². The molecule has 0 bridgehead atoms. The van der Waals surface area contributed by atoms with Crippen molar-refractivity contribution in [3.63, 3.8) is 0 Å². The summed E-state index contributed by atoms with van der Waals surface area (Å²) < 4.78 is 5.50. The van der Waals surface area contributed by atoms with E-state index in [-0.39, 0.29) is 50.5 Å². The lowest BCUT2D eigenvalue weighted by atomic mass is 9.97. The molecular formula is C51H78Cl2N8O8. The lowest BCUT2D eigenvalue weighted by Crippen LogP contribution is -2.61. The summed E-state index contributed by atoms with van der Waals surface area (Å²) >= 11 is 13.1. The van der Waals surface area contributed by atoms with Crippen molar-refractivity contribution in [2.45, 2.75) is 161 Å². The summed E-state index contributed by atoms with van der Waals surface area (Å²) in [4.78, 5) is 107. The van der Waals surface area contributed by atoms with Crippen molar-refractivity contribution in [2.75, 3.05) is 60.0 Å². The molecule has 2 saturated heterocycles. The van der Waals surface area contributed by atoms with E-state index in [0.29, 0.717) is 86.7 Å². The van der Waals surface area contributed by atoms with Gasteiger partial charge in [-0.2, -0.15) is 0 Å². The predicted molar refractivity (Wildman–Crippen MR) is 268 cm³/mol. The summed E-state index contributed by atoms with van der Waals surface area (Å²) in [6.45, 7) is 13.6. The number of unbranched alkanes of at least 4 members (excludes halogenated alkanes) is 1. The lowest BCUT2D eigenvalue weighted by molar-refractivity contribution is -0.147. The molecule has 0 spiro atoms. The molecule has 0 aromatic heterocycles. The standard InChI is InChI=1S/C51H78Cl2N8O8/c1-9-17-39-47(65)58(7)25-15-14-19-42(45(63)56-41(31-34(5)6)49(67)61(24-10-2)43(46(64)55-39)33-35-32-36(52)20-21-37(35)53)59(8)48(66)40(18-13-16-26-60-27-29-69-30-28-60)54-44(62)38(11-3)57-50(68)51(12-4)22-23-51/h4,20-21,32,34,38-43H,9-11,13-19,22-31,33H2,1-3,5-8H3,(H,54,62)(H,55,64)(H,56,63)(H,57,68)/t38-,39+,40-,41-,42-,43-/m0/s1. The number of carbonyl (C=O) groups is 7. The fraction of sp³-hybridized carbons (Fsp3) is 0.706. The van der Waals surface area contributed by atoms with Crippen LogP contribution >= 0.6 is 23.2 Å². The Balaban J connectivity index is 1.72. The molecule has 1 aliphatic carbocycles. The van der Waals surface area contributed by atoms with E-state index in [1.807, 2.05) is 27.7 Å². The van der Waals surface area contributed by atoms with Crippen molar-refractivity contribution in [3.05, 3.63) is 33.8 Å². The van der Waals surface area contributed by atoms with Gasteiger partial charge < -0.3 is 40.7 Å². The van der Waals surface area contributed by atoms with Crippen LogP contribution in [0.3, 0.4) is 0 Å². The second-order valence-electron chi connectivity index (χ2n) is 19.4. The number of terminal acetylenes is 1. The van der Waals surface area contributed by atoms with Crippen LogP contribution in [-0.4, -0.2) is 157 Å². The van der Waals surface area contributed by atoms with E-state index in [0.717, 1.165) is 26.1 Å². The quantitative estimate of drug-likeness (QED) is 0.106. The molecule has 0 unspecified atom stereocenters. The fourth-order valence-electron chi connectivity index (χ4n) is 9.10. The third-order valence-electron chi connectivity index (χ3n) is 13.5. The maximum atomic E-state index is 15.1. The Morgan fingerprint density at radius 1 is 0.913 bits per heavy atom. The molecule has 1 saturated carbocycles. The molecule has 3 fully saturated rings. The van der Waals surface area contributed by atoms with E-state index in [2.05, 4.69) is 32.1 Å². The van der Waals surface area contributed by atoms with Crippen LogP contribution in [0.5, 0.6) is 0 Å². The molecule has 69 heavy (non-hydrogen) atoms. The first kappa shape index (κ1) is 57.2. The minimum absolute atomic E-state index is 0.0189. The van der Waals surface area contributed by atoms with Gasteiger partial charge in [0, 0.05) is 56.7 Å². The highest BCUT2D eigenvalue weighted by Gasteiger charge is 2.49. The minimum Gasteiger partial charge on any atom is -0.379 e. The summed E-state index contributed by atoms with van der Waals surface area (Å²) in [7, 11) is 3.20. The van der Waals surface area contributed by atoms with E-state index in [1.54, 1.807) is 37.1 Å². The predicted octanol–water partition coefficient (Wildman–Crippen LogP) is 4.72. The number of morpholine rings is 1. The van der Waals surface area contributed by atoms with E-state index in [1.165, 1.54) is 16.8 Å². The number of hydrogen-bond donors (Lipinski definition) is 4. The highest BCUT2D eigenvalue weighted by Crippen LogP contribution is 2.45. The molecule has 4 rings (SSSR count). The number of ether oxygens (including phenoxy) is 1. The highest BCUT2D eigenvalue weighted by molar-refractivity contribution is 6.33. The maximum Gasteiger partial charge on any atom is 0.245 e. The molecule has 2 heterocycles. The Bertz CT molecular complexity index is 1970. The van der Waals surface area contributed by atoms with Gasteiger partial charge in [-0.25, -0.2) is 0 Å². The Hall–Kier alpha value is -4.43. The van der Waals surface area contributed by atoms with Crippen LogP contribution in [0.25, 0.3) is 0 Å². The van der Waals surface area contributed by atoms with Gasteiger partial charge in [0.2, 0.25) is 41.4 Å². The van der Waals surface area contributed by atoms with Crippen LogP contribution < -0.4 is 21.3 Å². The largest absolute Gasteiger partial charge is 0.379 e. The van der Waals surface area contributed by atoms with E-state index < -0.39 is 77.1 Å². The number of halogens is 2. The lowest BCUT2D eigenvalue weighted by Gasteiger charge is -2.37. The van der Waals surface area contributed by atoms with Crippen molar-refractivity contribution >= 4 is 64.6 Å². The number of amides is 7. The van der Waals surface area contributed by atoms with Crippen molar-refractivity contribution in [2.24, 2.45) is 11.3 Å². The van der Waals surface area contributed by atoms with Crippen molar-refractivity contribution in [3.8, 4) is 12.3 Å². The average molecular weight is 1000 g/mol. The minimum atomic E-state index is -1.14. The van der Waals surface area contributed by atoms with Gasteiger partial charge in [0.15, 0.2) is 0 Å². The molecular weight excluding hydrogens is 924 g/mol. The first-order valence-corrected chi connectivity index (χ1v) is 25.9. The van der Waals surface area contributed by atoms with Gasteiger partial charge in [-0.1, -0.05) is 70.2 Å². The van der Waals surface area contributed by atoms with Gasteiger partial charge >= 0.3 is 0 Å². The molecule has 16 nitrogen and oxygen atoms in total. The number of carbonyl (C=O) groups excluding carboxylic acids is 7. The maximum absolute atomic E-state index is 15.1. The Kier molecular flexibility index (Phi) is 23.0. The monoisotopic (exact) mass is 1000 g/mol. The third kappa shape index (κ3) is 16.6. The molecule has 4 N–H and O–H groups in total. The molecule has 3 aliphatic rings. The topological polar surface area (TPSA) is 190 Å². The first-order valence-electron chi connectivity index (χ1n) is 25.2. The van der Waals surface area contributed by atoms with Gasteiger partial charge in [0.25, 0.3) is 0 Å². The van der Waals surface area contributed by atoms with Gasteiger partial charge in [-0.05, 0) is 113 Å². The van der Waals surface area contributed by atoms with E-state index >= 15 is 4.79 Å². The highest BCUT2D eigenvalue weighted by atomic mass is 35.5. The van der Waals surface area contributed by atoms with Crippen molar-refractivity contribution < 1.29 is 38.3 Å². The molecule has 384 valence electrons. The Morgan fingerprint density at radius 3 is 2.23 bits per heavy atom. The molecule has 6 atom stereocenters. The van der Waals surface area contributed by atoms with Gasteiger partial charge in [0.05, 0.1) is 13.2 Å². The molecule has 1 aromatic carbocycles. The second kappa shape index (κ2) is 27.8. The number of nitrogens with zero attached hydrogens (tertiary/aromatic N) is 4. The summed E-state index contributed by atoms with van der Waals surface area (Å²) in [5.74, 6) is -0.840. The summed E-state index contributed by atoms with van der Waals surface area (Å²) in [6.07, 6.45) is 11.3. The number of likely N-dealkylation sites (N-methyl/N-ethyl adjacent to an activating group) is 2. The molecule has 7 amide bonds. The van der Waals surface area contributed by atoms with Crippen LogP contribution in [0.15, 0.2) is 18.2 Å². The smallest absolute Gasteiger partial charge is 0.245 e. The normalized spacial score (nSPS) is 22.8. The SMILES string of the molecule is C#CC1(C(=O)N[C@@H](CC)C(=O)N[C@@H](CCCCN2CCOCC2)C(=O)N(C)[C@H]2CCCCN(C)C(=O)[C@@H](CCC)NC(=O)[C@H](Cc3cc(Cl)ccc3Cl)N(CCC)C(=O)[C@H](CC(C)C)NC2=O)CC1. The van der Waals surface area contributed by atoms with Crippen LogP contribution in [-0.2, 0) is 44.7 Å². The zero-order valence-corrected chi connectivity index (χ0v) is 43.5. The van der Waals surface area contributed by atoms with Gasteiger partial charge in [-0.3, -0.25) is 38.5 Å². The summed E-state index contributed by atoms with van der Waals surface area (Å²) in [5, 5.41) is 12.5. The molecule has 18 heteroatoms. The average Bonchev–Trinajstić information content (AvgIpc) is 4.14. The third-order valence-corrected chi connectivity index (χ3v) is 14.1. The number of hydrogen-bond acceptors (Lipinski definition) is 9. The summed E-state index contributed by atoms with van der Waals surface area (Å²) in [5.41, 5.74) is -0.401. The van der Waals surface area contributed by atoms with Crippen LogP contribution in [0, 0.1) is 23.7 Å². The molecule has 1 aromatic rings. The zero-order valence-electron chi connectivity index (χ0n) is 42.0. The number of nitrogens with one attached hydrogen (secondary N) is 4. The second-order valence-corrected chi connectivity index (χ2v) is 20.3. The zero-order chi connectivity index (χ0) is 50.8. The van der Waals surface area contributed by atoms with E-state index in [9.17, 15) is 28.8 Å². The van der Waals surface area contributed by atoms with Gasteiger partial charge in [-0.15, -0.1) is 6.42 Å². The van der Waals surface area contributed by atoms with Crippen molar-refractivity contribution in [1.82, 2.24) is 40.9 Å². The molecule has 2 aliphatic heterocycles. The van der Waals surface area contributed by atoms with E-state index in [4.69, 9.17) is 34.4 Å². The summed E-state index contributed by atoms with van der Waals surface area (Å²) in [6, 6.07) is -1.30. The van der Waals surface area contributed by atoms with Crippen LogP contribution in [0.4, 0.5) is 0 Å².